The third-order valence-corrected chi connectivity index (χ3v) is 11.0. The summed E-state index contributed by atoms with van der Waals surface area (Å²) < 4.78 is 17.5. The molecule has 1 fully saturated rings. The highest BCUT2D eigenvalue weighted by molar-refractivity contribution is 7.99. The van der Waals surface area contributed by atoms with Crippen LogP contribution in [-0.2, 0) is 13.9 Å². The third kappa shape index (κ3) is 8.37. The van der Waals surface area contributed by atoms with E-state index in [0.717, 1.165) is 6.42 Å². The summed E-state index contributed by atoms with van der Waals surface area (Å²) in [6, 6.07) is 0. The van der Waals surface area contributed by atoms with Crippen molar-refractivity contribution in [2.45, 2.75) is 83.1 Å². The monoisotopic (exact) mass is 448 g/mol. The average Bonchev–Trinajstić information content (AvgIpc) is 2.52. The fraction of sp³-hybridized carbons (Fsp3) is 0.900. The number of hydrogen-bond donors (Lipinski definition) is 0. The Morgan fingerprint density at radius 1 is 1.14 bits per heavy atom. The Balaban J connectivity index is 2.87. The standard InChI is InChI=1S/C20H40N2O5SSi/c1-19(2,3)26-18(24)22-12-11-16(28-14-25-17(23)21(7)8)15(13-22)27-29(9,10)20(4,5)6/h15-16H,11-14H2,1-10H3. The number of thioether (sulfide) groups is 1. The van der Waals surface area contributed by atoms with Gasteiger partial charge >= 0.3 is 12.2 Å². The fourth-order valence-electron chi connectivity index (χ4n) is 2.55. The van der Waals surface area contributed by atoms with Crippen LogP contribution in [0.4, 0.5) is 9.59 Å². The zero-order valence-electron chi connectivity index (χ0n) is 19.8. The predicted octanol–water partition coefficient (Wildman–Crippen LogP) is 4.78. The van der Waals surface area contributed by atoms with E-state index >= 15 is 0 Å². The van der Waals surface area contributed by atoms with Crippen molar-refractivity contribution in [2.75, 3.05) is 33.1 Å². The Morgan fingerprint density at radius 3 is 2.21 bits per heavy atom. The van der Waals surface area contributed by atoms with Crippen LogP contribution in [0, 0.1) is 0 Å². The van der Waals surface area contributed by atoms with E-state index in [9.17, 15) is 9.59 Å². The molecule has 170 valence electrons. The molecule has 9 heteroatoms. The third-order valence-electron chi connectivity index (χ3n) is 5.23. The van der Waals surface area contributed by atoms with Gasteiger partial charge in [0.1, 0.15) is 11.5 Å². The second-order valence-corrected chi connectivity index (χ2v) is 16.2. The Bertz CT molecular complexity index is 572. The number of amides is 2. The number of rotatable bonds is 5. The molecule has 0 N–H and O–H groups in total. The summed E-state index contributed by atoms with van der Waals surface area (Å²) in [5, 5.41) is 0.214. The van der Waals surface area contributed by atoms with E-state index in [4.69, 9.17) is 13.9 Å². The highest BCUT2D eigenvalue weighted by Crippen LogP contribution is 2.39. The molecule has 0 aliphatic carbocycles. The molecule has 0 aromatic heterocycles. The zero-order valence-corrected chi connectivity index (χ0v) is 21.6. The van der Waals surface area contributed by atoms with E-state index in [-0.39, 0.29) is 34.5 Å². The summed E-state index contributed by atoms with van der Waals surface area (Å²) in [7, 11) is 1.29. The van der Waals surface area contributed by atoms with Crippen molar-refractivity contribution in [2.24, 2.45) is 0 Å². The van der Waals surface area contributed by atoms with Crippen LogP contribution in [0.15, 0.2) is 0 Å². The lowest BCUT2D eigenvalue weighted by Gasteiger charge is -2.45. The Morgan fingerprint density at radius 2 is 1.72 bits per heavy atom. The quantitative estimate of drug-likeness (QED) is 0.445. The molecule has 2 unspecified atom stereocenters. The molecule has 1 heterocycles. The molecule has 1 saturated heterocycles. The van der Waals surface area contributed by atoms with Gasteiger partial charge in [-0.05, 0) is 45.3 Å². The van der Waals surface area contributed by atoms with E-state index in [0.29, 0.717) is 13.1 Å². The summed E-state index contributed by atoms with van der Waals surface area (Å²) >= 11 is 1.58. The number of carbonyl (C=O) groups excluding carboxylic acids is 2. The normalized spacial score (nSPS) is 21.0. The Hall–Kier alpha value is -0.933. The number of hydrogen-bond acceptors (Lipinski definition) is 6. The number of carbonyl (C=O) groups is 2. The van der Waals surface area contributed by atoms with Gasteiger partial charge in [0.05, 0.1) is 12.6 Å². The average molecular weight is 449 g/mol. The van der Waals surface area contributed by atoms with Crippen LogP contribution in [0.3, 0.4) is 0 Å². The van der Waals surface area contributed by atoms with Crippen LogP contribution >= 0.6 is 11.8 Å². The number of nitrogens with zero attached hydrogens (tertiary/aromatic N) is 2. The summed E-state index contributed by atoms with van der Waals surface area (Å²) in [4.78, 5) is 27.4. The summed E-state index contributed by atoms with van der Waals surface area (Å²) in [5.41, 5.74) is -0.529. The lowest BCUT2D eigenvalue weighted by molar-refractivity contribution is 0.00716. The van der Waals surface area contributed by atoms with Gasteiger partial charge in [0.2, 0.25) is 0 Å². The molecule has 0 aromatic rings. The van der Waals surface area contributed by atoms with Gasteiger partial charge < -0.3 is 23.7 Å². The van der Waals surface area contributed by atoms with Crippen molar-refractivity contribution in [1.82, 2.24) is 9.80 Å². The lowest BCUT2D eigenvalue weighted by atomic mass is 10.1. The molecule has 0 spiro atoms. The highest BCUT2D eigenvalue weighted by Gasteiger charge is 2.43. The Labute approximate surface area is 181 Å². The first kappa shape index (κ1) is 26.1. The zero-order chi connectivity index (χ0) is 22.6. The van der Waals surface area contributed by atoms with E-state index in [2.05, 4.69) is 33.9 Å². The van der Waals surface area contributed by atoms with Gasteiger partial charge in [0, 0.05) is 25.9 Å². The van der Waals surface area contributed by atoms with Crippen LogP contribution in [0.5, 0.6) is 0 Å². The molecule has 7 nitrogen and oxygen atoms in total. The van der Waals surface area contributed by atoms with Crippen LogP contribution in [0.25, 0.3) is 0 Å². The van der Waals surface area contributed by atoms with E-state index in [1.54, 1.807) is 30.8 Å². The summed E-state index contributed by atoms with van der Waals surface area (Å²) in [6.45, 7) is 17.7. The van der Waals surface area contributed by atoms with E-state index in [1.165, 1.54) is 4.90 Å². The number of likely N-dealkylation sites (tertiary alicyclic amines) is 1. The largest absolute Gasteiger partial charge is 0.444 e. The Kier molecular flexibility index (Phi) is 8.93. The van der Waals surface area contributed by atoms with Crippen molar-refractivity contribution >= 4 is 32.3 Å². The second kappa shape index (κ2) is 9.92. The van der Waals surface area contributed by atoms with E-state index < -0.39 is 13.9 Å². The van der Waals surface area contributed by atoms with Gasteiger partial charge in [-0.15, -0.1) is 11.8 Å². The fourth-order valence-corrected chi connectivity index (χ4v) is 4.97. The van der Waals surface area contributed by atoms with E-state index in [1.807, 2.05) is 20.8 Å². The van der Waals surface area contributed by atoms with Crippen molar-refractivity contribution in [3.8, 4) is 0 Å². The van der Waals surface area contributed by atoms with Crippen molar-refractivity contribution in [3.63, 3.8) is 0 Å². The first-order valence-corrected chi connectivity index (χ1v) is 14.1. The summed E-state index contributed by atoms with van der Waals surface area (Å²) in [5.74, 6) is 0.269. The van der Waals surface area contributed by atoms with Gasteiger partial charge in [-0.25, -0.2) is 9.59 Å². The predicted molar refractivity (Wildman–Crippen MR) is 121 cm³/mol. The van der Waals surface area contributed by atoms with Gasteiger partial charge in [-0.1, -0.05) is 20.8 Å². The molecule has 1 rings (SSSR count). The van der Waals surface area contributed by atoms with Gasteiger partial charge in [-0.2, -0.15) is 0 Å². The highest BCUT2D eigenvalue weighted by atomic mass is 32.2. The number of piperidine rings is 1. The molecule has 1 aliphatic rings. The number of ether oxygens (including phenoxy) is 2. The maximum absolute atomic E-state index is 12.6. The minimum Gasteiger partial charge on any atom is -0.444 e. The first-order valence-electron chi connectivity index (χ1n) is 10.1. The second-order valence-electron chi connectivity index (χ2n) is 10.3. The topological polar surface area (TPSA) is 68.3 Å². The molecule has 0 radical (unpaired) electrons. The SMILES string of the molecule is CN(C)C(=O)OCSC1CCN(C(=O)OC(C)(C)C)CC1O[Si](C)(C)C(C)(C)C. The molecule has 29 heavy (non-hydrogen) atoms. The van der Waals surface area contributed by atoms with Crippen LogP contribution in [0.1, 0.15) is 48.0 Å². The molecule has 2 atom stereocenters. The van der Waals surface area contributed by atoms with Gasteiger partial charge in [-0.3, -0.25) is 0 Å². The van der Waals surface area contributed by atoms with Crippen molar-refractivity contribution in [3.05, 3.63) is 0 Å². The molecular weight excluding hydrogens is 408 g/mol. The maximum Gasteiger partial charge on any atom is 0.410 e. The minimum absolute atomic E-state index is 0.0633. The maximum atomic E-state index is 12.6. The lowest BCUT2D eigenvalue weighted by Crippen LogP contribution is -2.55. The van der Waals surface area contributed by atoms with Gasteiger partial charge in [0.25, 0.3) is 0 Å². The molecule has 0 bridgehead atoms. The molecule has 0 aromatic carbocycles. The minimum atomic E-state index is -2.03. The van der Waals surface area contributed by atoms with Crippen LogP contribution in [0.2, 0.25) is 18.1 Å². The first-order chi connectivity index (χ1) is 13.0. The van der Waals surface area contributed by atoms with Crippen LogP contribution < -0.4 is 0 Å². The molecule has 2 amide bonds. The summed E-state index contributed by atoms with van der Waals surface area (Å²) in [6.07, 6.45) is -0.0162. The molecule has 0 saturated carbocycles. The smallest absolute Gasteiger partial charge is 0.410 e. The van der Waals surface area contributed by atoms with Crippen LogP contribution in [-0.4, -0.2) is 80.4 Å². The van der Waals surface area contributed by atoms with Crippen molar-refractivity contribution < 1.29 is 23.5 Å². The van der Waals surface area contributed by atoms with Crippen molar-refractivity contribution in [1.29, 1.82) is 0 Å². The van der Waals surface area contributed by atoms with Gasteiger partial charge in [0.15, 0.2) is 8.32 Å². The molecular formula is C20H40N2O5SSi. The molecule has 1 aliphatic heterocycles.